The number of aliphatic hydroxyl groups is 1. The van der Waals surface area contributed by atoms with Gasteiger partial charge in [-0.05, 0) is 18.6 Å². The predicted octanol–water partition coefficient (Wildman–Crippen LogP) is 2.44. The van der Waals surface area contributed by atoms with Gasteiger partial charge in [-0.1, -0.05) is 19.1 Å². The van der Waals surface area contributed by atoms with Gasteiger partial charge in [-0.3, -0.25) is 0 Å². The maximum atomic E-state index is 9.81. The van der Waals surface area contributed by atoms with E-state index in [0.717, 1.165) is 5.52 Å². The first-order valence-corrected chi connectivity index (χ1v) is 5.01. The van der Waals surface area contributed by atoms with Gasteiger partial charge in [0.1, 0.15) is 11.6 Å². The molecule has 1 heterocycles. The Hall–Kier alpha value is -0.810. The maximum Gasteiger partial charge on any atom is 0.225 e. The number of aliphatic hydroxyl groups excluding tert-OH is 1. The molecule has 0 saturated carbocycles. The second-order valence-corrected chi connectivity index (χ2v) is 3.54. The number of hydrogen-bond donors (Lipinski definition) is 2. The van der Waals surface area contributed by atoms with Crippen molar-refractivity contribution in [2.75, 3.05) is 0 Å². The van der Waals surface area contributed by atoms with Crippen molar-refractivity contribution in [2.24, 2.45) is 5.73 Å². The van der Waals surface area contributed by atoms with Gasteiger partial charge in [0.2, 0.25) is 5.89 Å². The van der Waals surface area contributed by atoms with Crippen molar-refractivity contribution in [3.8, 4) is 0 Å². The molecule has 2 atom stereocenters. The van der Waals surface area contributed by atoms with E-state index in [2.05, 4.69) is 4.98 Å². The Morgan fingerprint density at radius 3 is 2.59 bits per heavy atom. The molecule has 17 heavy (non-hydrogen) atoms. The van der Waals surface area contributed by atoms with Crippen LogP contribution in [0.2, 0.25) is 0 Å². The van der Waals surface area contributed by atoms with Crippen LogP contribution in [0.15, 0.2) is 28.7 Å². The van der Waals surface area contributed by atoms with Crippen molar-refractivity contribution in [1.29, 1.82) is 0 Å². The highest BCUT2D eigenvalue weighted by molar-refractivity contribution is 5.85. The summed E-state index contributed by atoms with van der Waals surface area (Å²) in [5.74, 6) is 0.297. The fourth-order valence-electron chi connectivity index (χ4n) is 1.42. The Balaban J connectivity index is 0.00000128. The van der Waals surface area contributed by atoms with Crippen LogP contribution in [0.4, 0.5) is 0 Å². The fourth-order valence-corrected chi connectivity index (χ4v) is 1.42. The van der Waals surface area contributed by atoms with Gasteiger partial charge >= 0.3 is 0 Å². The summed E-state index contributed by atoms with van der Waals surface area (Å²) in [7, 11) is 0. The normalized spacial score (nSPS) is 13.6. The van der Waals surface area contributed by atoms with Crippen molar-refractivity contribution < 1.29 is 9.52 Å². The minimum absolute atomic E-state index is 0. The minimum Gasteiger partial charge on any atom is -0.438 e. The van der Waals surface area contributed by atoms with Crippen LogP contribution >= 0.6 is 24.8 Å². The van der Waals surface area contributed by atoms with Gasteiger partial charge in [0.15, 0.2) is 5.58 Å². The quantitative estimate of drug-likeness (QED) is 0.905. The Morgan fingerprint density at radius 2 is 2.00 bits per heavy atom. The van der Waals surface area contributed by atoms with Crippen molar-refractivity contribution in [3.05, 3.63) is 30.2 Å². The van der Waals surface area contributed by atoms with Gasteiger partial charge < -0.3 is 15.3 Å². The molecule has 0 fully saturated rings. The zero-order valence-electron chi connectivity index (χ0n) is 9.37. The molecule has 2 aromatic rings. The van der Waals surface area contributed by atoms with Crippen LogP contribution in [0.5, 0.6) is 0 Å². The molecule has 0 amide bonds. The monoisotopic (exact) mass is 278 g/mol. The molecular formula is C11H16Cl2N2O2. The Morgan fingerprint density at radius 1 is 1.35 bits per heavy atom. The molecule has 0 aliphatic carbocycles. The van der Waals surface area contributed by atoms with E-state index >= 15 is 0 Å². The van der Waals surface area contributed by atoms with Gasteiger partial charge in [0.05, 0.1) is 0 Å². The summed E-state index contributed by atoms with van der Waals surface area (Å²) in [6.07, 6.45) is -0.151. The lowest BCUT2D eigenvalue weighted by molar-refractivity contribution is 0.116. The van der Waals surface area contributed by atoms with E-state index < -0.39 is 6.10 Å². The van der Waals surface area contributed by atoms with Gasteiger partial charge in [0, 0.05) is 6.04 Å². The van der Waals surface area contributed by atoms with Crippen molar-refractivity contribution in [1.82, 2.24) is 4.98 Å². The van der Waals surface area contributed by atoms with Crippen molar-refractivity contribution in [3.63, 3.8) is 0 Å². The van der Waals surface area contributed by atoms with Crippen LogP contribution in [-0.2, 0) is 0 Å². The zero-order chi connectivity index (χ0) is 10.8. The van der Waals surface area contributed by atoms with Crippen molar-refractivity contribution >= 4 is 35.9 Å². The highest BCUT2D eigenvalue weighted by Gasteiger charge is 2.20. The SMILES string of the molecule is CC[C@H](N)C(O)c1nc2ccccc2o1.Cl.Cl. The van der Waals surface area contributed by atoms with E-state index in [1.165, 1.54) is 0 Å². The smallest absolute Gasteiger partial charge is 0.225 e. The summed E-state index contributed by atoms with van der Waals surface area (Å²) in [6.45, 7) is 1.91. The Labute approximate surface area is 112 Å². The summed E-state index contributed by atoms with van der Waals surface area (Å²) in [6, 6.07) is 7.06. The fraction of sp³-hybridized carbons (Fsp3) is 0.364. The highest BCUT2D eigenvalue weighted by atomic mass is 35.5. The molecule has 0 spiro atoms. The summed E-state index contributed by atoms with van der Waals surface area (Å²) in [5.41, 5.74) is 7.14. The first-order chi connectivity index (χ1) is 7.22. The molecule has 0 saturated heterocycles. The summed E-state index contributed by atoms with van der Waals surface area (Å²) in [4.78, 5) is 4.19. The molecule has 0 radical (unpaired) electrons. The maximum absolute atomic E-state index is 9.81. The third-order valence-electron chi connectivity index (χ3n) is 2.44. The highest BCUT2D eigenvalue weighted by Crippen LogP contribution is 2.22. The molecule has 3 N–H and O–H groups in total. The molecule has 2 rings (SSSR count). The lowest BCUT2D eigenvalue weighted by Crippen LogP contribution is -2.27. The Kier molecular flexibility index (Phi) is 6.49. The first-order valence-electron chi connectivity index (χ1n) is 5.01. The zero-order valence-corrected chi connectivity index (χ0v) is 11.0. The van der Waals surface area contributed by atoms with E-state index in [0.29, 0.717) is 17.9 Å². The summed E-state index contributed by atoms with van der Waals surface area (Å²) < 4.78 is 5.41. The van der Waals surface area contributed by atoms with Crippen LogP contribution in [-0.4, -0.2) is 16.1 Å². The van der Waals surface area contributed by atoms with E-state index in [1.54, 1.807) is 0 Å². The van der Waals surface area contributed by atoms with E-state index in [9.17, 15) is 5.11 Å². The molecule has 6 heteroatoms. The van der Waals surface area contributed by atoms with E-state index in [1.807, 2.05) is 31.2 Å². The molecular weight excluding hydrogens is 263 g/mol. The molecule has 1 unspecified atom stereocenters. The minimum atomic E-state index is -0.831. The predicted molar refractivity (Wildman–Crippen MR) is 71.7 cm³/mol. The lowest BCUT2D eigenvalue weighted by atomic mass is 10.1. The molecule has 1 aromatic heterocycles. The number of nitrogens with two attached hydrogens (primary N) is 1. The second-order valence-electron chi connectivity index (χ2n) is 3.54. The number of halogens is 2. The summed E-state index contributed by atoms with van der Waals surface area (Å²) >= 11 is 0. The second kappa shape index (κ2) is 6.81. The van der Waals surface area contributed by atoms with Crippen molar-refractivity contribution in [2.45, 2.75) is 25.5 Å². The average Bonchev–Trinajstić information content (AvgIpc) is 2.70. The molecule has 1 aromatic carbocycles. The van der Waals surface area contributed by atoms with Crippen LogP contribution < -0.4 is 5.73 Å². The average molecular weight is 279 g/mol. The molecule has 0 bridgehead atoms. The lowest BCUT2D eigenvalue weighted by Gasteiger charge is -2.12. The number of fused-ring (bicyclic) bond motifs is 1. The number of aromatic nitrogens is 1. The van der Waals surface area contributed by atoms with Gasteiger partial charge in [-0.25, -0.2) is 4.98 Å². The molecule has 4 nitrogen and oxygen atoms in total. The van der Waals surface area contributed by atoms with Gasteiger partial charge in [-0.2, -0.15) is 0 Å². The van der Waals surface area contributed by atoms with Crippen LogP contribution in [0.1, 0.15) is 25.3 Å². The molecule has 0 aliphatic heterocycles. The third-order valence-corrected chi connectivity index (χ3v) is 2.44. The Bertz CT molecular complexity index is 428. The number of benzene rings is 1. The number of rotatable bonds is 3. The number of para-hydroxylation sites is 2. The van der Waals surface area contributed by atoms with Crippen LogP contribution in [0, 0.1) is 0 Å². The van der Waals surface area contributed by atoms with Gasteiger partial charge in [-0.15, -0.1) is 24.8 Å². The summed E-state index contributed by atoms with van der Waals surface area (Å²) in [5, 5.41) is 9.81. The van der Waals surface area contributed by atoms with Crippen LogP contribution in [0.25, 0.3) is 11.1 Å². The number of hydrogen-bond acceptors (Lipinski definition) is 4. The number of oxazole rings is 1. The van der Waals surface area contributed by atoms with E-state index in [4.69, 9.17) is 10.2 Å². The molecule has 0 aliphatic rings. The standard InChI is InChI=1S/C11H14N2O2.2ClH/c1-2-7(12)10(14)11-13-8-5-3-4-6-9(8)15-11;;/h3-7,10,14H,2,12H2,1H3;2*1H/t7-,10?;;/m0../s1. The van der Waals surface area contributed by atoms with Gasteiger partial charge in [0.25, 0.3) is 0 Å². The third kappa shape index (κ3) is 3.33. The topological polar surface area (TPSA) is 72.3 Å². The van der Waals surface area contributed by atoms with Crippen LogP contribution in [0.3, 0.4) is 0 Å². The largest absolute Gasteiger partial charge is 0.438 e. The van der Waals surface area contributed by atoms with E-state index in [-0.39, 0.29) is 30.9 Å². The molecule has 96 valence electrons. The number of nitrogens with zero attached hydrogens (tertiary/aromatic N) is 1. The first kappa shape index (κ1) is 16.2.